The van der Waals surface area contributed by atoms with Gasteiger partial charge in [0.1, 0.15) is 30.5 Å². The van der Waals surface area contributed by atoms with Crippen LogP contribution in [0.15, 0.2) is 48.5 Å². The second-order valence-corrected chi connectivity index (χ2v) is 3.96. The highest BCUT2D eigenvalue weighted by Gasteiger charge is 1.98. The molecule has 1 N–H and O–H groups in total. The summed E-state index contributed by atoms with van der Waals surface area (Å²) in [5.74, 6) is 1.84. The van der Waals surface area contributed by atoms with Gasteiger partial charge in [-0.25, -0.2) is 0 Å². The molecule has 0 fully saturated rings. The lowest BCUT2D eigenvalue weighted by Crippen LogP contribution is -2.09. The van der Waals surface area contributed by atoms with E-state index in [0.29, 0.717) is 13.2 Å². The van der Waals surface area contributed by atoms with Gasteiger partial charge in [-0.05, 0) is 42.8 Å². The molecular formula is C15H16O3. The number of para-hydroxylation sites is 1. The first-order chi connectivity index (χ1) is 8.75. The summed E-state index contributed by atoms with van der Waals surface area (Å²) in [6, 6.07) is 14.5. The van der Waals surface area contributed by atoms with Crippen LogP contribution in [-0.4, -0.2) is 18.3 Å². The van der Waals surface area contributed by atoms with Crippen LogP contribution in [0.1, 0.15) is 5.56 Å². The minimum atomic E-state index is 0.235. The van der Waals surface area contributed by atoms with Gasteiger partial charge in [-0.2, -0.15) is 0 Å². The van der Waals surface area contributed by atoms with Crippen LogP contribution in [-0.2, 0) is 0 Å². The number of aromatic hydroxyl groups is 1. The van der Waals surface area contributed by atoms with Crippen molar-refractivity contribution < 1.29 is 14.6 Å². The van der Waals surface area contributed by atoms with E-state index in [2.05, 4.69) is 0 Å². The quantitative estimate of drug-likeness (QED) is 0.821. The molecule has 2 aromatic rings. The maximum absolute atomic E-state index is 9.13. The minimum absolute atomic E-state index is 0.235. The Bertz CT molecular complexity index is 491. The second kappa shape index (κ2) is 5.96. The molecule has 18 heavy (non-hydrogen) atoms. The van der Waals surface area contributed by atoms with Gasteiger partial charge in [-0.1, -0.05) is 18.2 Å². The van der Waals surface area contributed by atoms with E-state index in [1.165, 1.54) is 0 Å². The lowest BCUT2D eigenvalue weighted by molar-refractivity contribution is 0.216. The Morgan fingerprint density at radius 2 is 1.56 bits per heavy atom. The number of ether oxygens (including phenoxy) is 2. The first-order valence-electron chi connectivity index (χ1n) is 5.86. The summed E-state index contributed by atoms with van der Waals surface area (Å²) in [4.78, 5) is 0. The summed E-state index contributed by atoms with van der Waals surface area (Å²) in [7, 11) is 0. The molecule has 0 spiro atoms. The summed E-state index contributed by atoms with van der Waals surface area (Å²) in [5.41, 5.74) is 1.11. The van der Waals surface area contributed by atoms with Gasteiger partial charge >= 0.3 is 0 Å². The van der Waals surface area contributed by atoms with E-state index in [-0.39, 0.29) is 5.75 Å². The number of phenols is 1. The third-order valence-electron chi connectivity index (χ3n) is 2.54. The monoisotopic (exact) mass is 244 g/mol. The van der Waals surface area contributed by atoms with E-state index in [1.807, 2.05) is 31.2 Å². The summed E-state index contributed by atoms with van der Waals surface area (Å²) >= 11 is 0. The van der Waals surface area contributed by atoms with Gasteiger partial charge in [-0.3, -0.25) is 0 Å². The smallest absolute Gasteiger partial charge is 0.122 e. The SMILES string of the molecule is Cc1ccccc1OCCOc1ccc(O)cc1. The van der Waals surface area contributed by atoms with E-state index >= 15 is 0 Å². The third kappa shape index (κ3) is 3.42. The highest BCUT2D eigenvalue weighted by atomic mass is 16.5. The van der Waals surface area contributed by atoms with Crippen molar-refractivity contribution >= 4 is 0 Å². The first kappa shape index (κ1) is 12.3. The number of benzene rings is 2. The topological polar surface area (TPSA) is 38.7 Å². The first-order valence-corrected chi connectivity index (χ1v) is 5.86. The molecule has 0 bridgehead atoms. The molecule has 0 aliphatic carbocycles. The molecule has 2 aromatic carbocycles. The predicted molar refractivity (Wildman–Crippen MR) is 70.3 cm³/mol. The Morgan fingerprint density at radius 3 is 2.28 bits per heavy atom. The number of aryl methyl sites for hydroxylation is 1. The van der Waals surface area contributed by atoms with Crippen LogP contribution in [0.3, 0.4) is 0 Å². The highest BCUT2D eigenvalue weighted by Crippen LogP contribution is 2.17. The number of hydrogen-bond donors (Lipinski definition) is 1. The van der Waals surface area contributed by atoms with Crippen LogP contribution >= 0.6 is 0 Å². The normalized spacial score (nSPS) is 10.1. The van der Waals surface area contributed by atoms with E-state index in [9.17, 15) is 0 Å². The van der Waals surface area contributed by atoms with Gasteiger partial charge in [0, 0.05) is 0 Å². The van der Waals surface area contributed by atoms with E-state index in [1.54, 1.807) is 24.3 Å². The number of hydrogen-bond acceptors (Lipinski definition) is 3. The molecule has 3 heteroatoms. The fraction of sp³-hybridized carbons (Fsp3) is 0.200. The fourth-order valence-electron chi connectivity index (χ4n) is 1.57. The van der Waals surface area contributed by atoms with Crippen LogP contribution < -0.4 is 9.47 Å². The van der Waals surface area contributed by atoms with Crippen molar-refractivity contribution in [3.05, 3.63) is 54.1 Å². The molecule has 3 nitrogen and oxygen atoms in total. The van der Waals surface area contributed by atoms with Gasteiger partial charge in [-0.15, -0.1) is 0 Å². The molecule has 0 aromatic heterocycles. The molecule has 94 valence electrons. The zero-order valence-electron chi connectivity index (χ0n) is 10.3. The molecule has 0 aliphatic rings. The van der Waals surface area contributed by atoms with Gasteiger partial charge < -0.3 is 14.6 Å². The van der Waals surface area contributed by atoms with Gasteiger partial charge in [0.2, 0.25) is 0 Å². The molecule has 0 radical (unpaired) electrons. The van der Waals surface area contributed by atoms with Crippen molar-refractivity contribution in [2.45, 2.75) is 6.92 Å². The zero-order valence-corrected chi connectivity index (χ0v) is 10.3. The van der Waals surface area contributed by atoms with Crippen molar-refractivity contribution in [1.29, 1.82) is 0 Å². The maximum atomic E-state index is 9.13. The van der Waals surface area contributed by atoms with E-state index < -0.39 is 0 Å². The standard InChI is InChI=1S/C15H16O3/c1-12-4-2-3-5-15(12)18-11-10-17-14-8-6-13(16)7-9-14/h2-9,16H,10-11H2,1H3. The predicted octanol–water partition coefficient (Wildman–Crippen LogP) is 3.16. The third-order valence-corrected chi connectivity index (χ3v) is 2.54. The van der Waals surface area contributed by atoms with E-state index in [0.717, 1.165) is 17.1 Å². The molecule has 2 rings (SSSR count). The Kier molecular flexibility index (Phi) is 4.07. The molecule has 0 saturated carbocycles. The fourth-order valence-corrected chi connectivity index (χ4v) is 1.57. The second-order valence-electron chi connectivity index (χ2n) is 3.96. The Balaban J connectivity index is 1.76. The van der Waals surface area contributed by atoms with Crippen LogP contribution in [0, 0.1) is 6.92 Å². The Labute approximate surface area is 107 Å². The van der Waals surface area contributed by atoms with Crippen molar-refractivity contribution in [2.24, 2.45) is 0 Å². The largest absolute Gasteiger partial charge is 0.508 e. The number of rotatable bonds is 5. The average Bonchev–Trinajstić information content (AvgIpc) is 2.39. The Hall–Kier alpha value is -2.16. The van der Waals surface area contributed by atoms with E-state index in [4.69, 9.17) is 14.6 Å². The summed E-state index contributed by atoms with van der Waals surface area (Å²) in [5, 5.41) is 9.13. The molecule has 0 amide bonds. The van der Waals surface area contributed by atoms with Gasteiger partial charge in [0.15, 0.2) is 0 Å². The van der Waals surface area contributed by atoms with Crippen molar-refractivity contribution in [2.75, 3.05) is 13.2 Å². The average molecular weight is 244 g/mol. The molecule has 0 saturated heterocycles. The molecule has 0 unspecified atom stereocenters. The van der Waals surface area contributed by atoms with Crippen LogP contribution in [0.4, 0.5) is 0 Å². The number of phenolic OH excluding ortho intramolecular Hbond substituents is 1. The highest BCUT2D eigenvalue weighted by molar-refractivity contribution is 5.32. The minimum Gasteiger partial charge on any atom is -0.508 e. The molecular weight excluding hydrogens is 228 g/mol. The summed E-state index contributed by atoms with van der Waals surface area (Å²) in [6.45, 7) is 2.97. The molecule has 0 aliphatic heterocycles. The van der Waals surface area contributed by atoms with Crippen LogP contribution in [0.5, 0.6) is 17.2 Å². The Morgan fingerprint density at radius 1 is 0.889 bits per heavy atom. The molecule has 0 atom stereocenters. The van der Waals surface area contributed by atoms with Crippen molar-refractivity contribution in [3.8, 4) is 17.2 Å². The van der Waals surface area contributed by atoms with Crippen molar-refractivity contribution in [1.82, 2.24) is 0 Å². The summed E-state index contributed by atoms with van der Waals surface area (Å²) < 4.78 is 11.1. The van der Waals surface area contributed by atoms with Crippen LogP contribution in [0.25, 0.3) is 0 Å². The maximum Gasteiger partial charge on any atom is 0.122 e. The lowest BCUT2D eigenvalue weighted by Gasteiger charge is -2.10. The van der Waals surface area contributed by atoms with Crippen LogP contribution in [0.2, 0.25) is 0 Å². The van der Waals surface area contributed by atoms with Crippen molar-refractivity contribution in [3.63, 3.8) is 0 Å². The van der Waals surface area contributed by atoms with Gasteiger partial charge in [0.25, 0.3) is 0 Å². The summed E-state index contributed by atoms with van der Waals surface area (Å²) in [6.07, 6.45) is 0. The molecule has 0 heterocycles. The zero-order chi connectivity index (χ0) is 12.8. The lowest BCUT2D eigenvalue weighted by atomic mass is 10.2. The van der Waals surface area contributed by atoms with Gasteiger partial charge in [0.05, 0.1) is 0 Å².